The summed E-state index contributed by atoms with van der Waals surface area (Å²) in [5, 5.41) is 0. The van der Waals surface area contributed by atoms with Gasteiger partial charge in [0.1, 0.15) is 5.78 Å². The topological polar surface area (TPSA) is 43.1 Å². The first-order valence-corrected chi connectivity index (χ1v) is 3.84. The lowest BCUT2D eigenvalue weighted by atomic mass is 10.2. The summed E-state index contributed by atoms with van der Waals surface area (Å²) in [6, 6.07) is 0. The molecule has 62 valence electrons. The van der Waals surface area contributed by atoms with E-state index in [1.165, 1.54) is 19.9 Å². The number of rotatable bonds is 4. The number of hydrogen-bond donors (Lipinski definition) is 1. The molecule has 2 heteroatoms. The van der Waals surface area contributed by atoms with Gasteiger partial charge in [-0.1, -0.05) is 19.8 Å². The molecule has 0 heterocycles. The highest BCUT2D eigenvalue weighted by atomic mass is 16.1. The average Bonchev–Trinajstić information content (AvgIpc) is 1.92. The number of carbonyl (C=O) groups excluding carboxylic acids is 1. The smallest absolute Gasteiger partial charge is 0.129 e. The van der Waals surface area contributed by atoms with Crippen molar-refractivity contribution in [3.63, 3.8) is 0 Å². The Morgan fingerprint density at radius 2 is 1.80 bits per heavy atom. The molecule has 2 nitrogen and oxygen atoms in total. The van der Waals surface area contributed by atoms with Crippen molar-refractivity contribution < 1.29 is 4.79 Å². The summed E-state index contributed by atoms with van der Waals surface area (Å²) < 4.78 is 0. The Morgan fingerprint density at radius 1 is 1.30 bits per heavy atom. The van der Waals surface area contributed by atoms with E-state index in [1.807, 2.05) is 0 Å². The molecule has 0 aromatic heterocycles. The summed E-state index contributed by atoms with van der Waals surface area (Å²) in [6.45, 7) is 3.79. The zero-order valence-electron chi connectivity index (χ0n) is 7.31. The lowest BCUT2D eigenvalue weighted by Gasteiger charge is -1.90. The Labute approximate surface area is 63.8 Å². The van der Waals surface area contributed by atoms with Crippen molar-refractivity contribution in [3.8, 4) is 0 Å². The van der Waals surface area contributed by atoms with Crippen LogP contribution in [0.4, 0.5) is 0 Å². The van der Waals surface area contributed by atoms with Gasteiger partial charge in [0, 0.05) is 6.42 Å². The summed E-state index contributed by atoms with van der Waals surface area (Å²) in [6.07, 6.45) is 4.24. The standard InChI is InChI=1S/C7H14O.CH5N/c1-3-4-5-6-7(2)8;1-2/h3-6H2,1-2H3;2H2,1H3. The quantitative estimate of drug-likeness (QED) is 0.612. The second-order valence-electron chi connectivity index (χ2n) is 2.16. The van der Waals surface area contributed by atoms with E-state index in [9.17, 15) is 4.79 Å². The van der Waals surface area contributed by atoms with Crippen molar-refractivity contribution in [2.24, 2.45) is 5.73 Å². The Balaban J connectivity index is 0. The molecule has 0 radical (unpaired) electrons. The molecule has 0 saturated carbocycles. The Morgan fingerprint density at radius 3 is 2.10 bits per heavy atom. The molecule has 0 aromatic carbocycles. The van der Waals surface area contributed by atoms with Crippen LogP contribution in [0.15, 0.2) is 0 Å². The van der Waals surface area contributed by atoms with Crippen LogP contribution in [0.3, 0.4) is 0 Å². The molecule has 0 aliphatic rings. The molecule has 0 rings (SSSR count). The van der Waals surface area contributed by atoms with Crippen LogP contribution >= 0.6 is 0 Å². The maximum Gasteiger partial charge on any atom is 0.129 e. The fourth-order valence-corrected chi connectivity index (χ4v) is 0.624. The third-order valence-corrected chi connectivity index (χ3v) is 1.13. The molecular formula is C8H19NO. The average molecular weight is 145 g/mol. The van der Waals surface area contributed by atoms with Crippen LogP contribution in [0.1, 0.15) is 39.5 Å². The highest BCUT2D eigenvalue weighted by Crippen LogP contribution is 1.98. The lowest BCUT2D eigenvalue weighted by molar-refractivity contribution is -0.117. The second-order valence-corrected chi connectivity index (χ2v) is 2.16. The van der Waals surface area contributed by atoms with Gasteiger partial charge in [0.05, 0.1) is 0 Å². The van der Waals surface area contributed by atoms with Crippen LogP contribution < -0.4 is 5.73 Å². The van der Waals surface area contributed by atoms with Crippen LogP contribution in [-0.4, -0.2) is 12.8 Å². The van der Waals surface area contributed by atoms with Crippen molar-refractivity contribution in [1.29, 1.82) is 0 Å². The predicted octanol–water partition coefficient (Wildman–Crippen LogP) is 1.73. The number of unbranched alkanes of at least 4 members (excludes halogenated alkanes) is 2. The highest BCUT2D eigenvalue weighted by Gasteiger charge is 1.89. The first-order chi connectivity index (χ1) is 4.77. The predicted molar refractivity (Wildman–Crippen MR) is 44.9 cm³/mol. The molecule has 0 aliphatic carbocycles. The molecule has 0 unspecified atom stereocenters. The van der Waals surface area contributed by atoms with Crippen LogP contribution in [0.5, 0.6) is 0 Å². The third kappa shape index (κ3) is 15.6. The summed E-state index contributed by atoms with van der Waals surface area (Å²) in [5.74, 6) is 0.318. The van der Waals surface area contributed by atoms with Gasteiger partial charge in [-0.3, -0.25) is 0 Å². The van der Waals surface area contributed by atoms with E-state index in [2.05, 4.69) is 12.7 Å². The summed E-state index contributed by atoms with van der Waals surface area (Å²) in [5.41, 5.74) is 4.50. The van der Waals surface area contributed by atoms with Crippen LogP contribution in [0, 0.1) is 0 Å². The minimum absolute atomic E-state index is 0.318. The molecule has 0 aliphatic heterocycles. The number of Topliss-reactive ketones (excluding diaryl/α,β-unsaturated/α-hetero) is 1. The second kappa shape index (κ2) is 11.4. The minimum atomic E-state index is 0.318. The van der Waals surface area contributed by atoms with E-state index < -0.39 is 0 Å². The van der Waals surface area contributed by atoms with Crippen molar-refractivity contribution >= 4 is 5.78 Å². The van der Waals surface area contributed by atoms with Gasteiger partial charge in [-0.2, -0.15) is 0 Å². The molecule has 0 spiro atoms. The Kier molecular flexibility index (Phi) is 14.1. The number of nitrogens with two attached hydrogens (primary N) is 1. The highest BCUT2D eigenvalue weighted by molar-refractivity contribution is 5.75. The summed E-state index contributed by atoms with van der Waals surface area (Å²) in [7, 11) is 1.50. The first-order valence-electron chi connectivity index (χ1n) is 3.84. The largest absolute Gasteiger partial charge is 0.333 e. The van der Waals surface area contributed by atoms with E-state index in [1.54, 1.807) is 6.92 Å². The van der Waals surface area contributed by atoms with Crippen LogP contribution in [-0.2, 0) is 4.79 Å². The van der Waals surface area contributed by atoms with Gasteiger partial charge in [0.25, 0.3) is 0 Å². The number of hydrogen-bond acceptors (Lipinski definition) is 2. The van der Waals surface area contributed by atoms with Crippen molar-refractivity contribution in [3.05, 3.63) is 0 Å². The lowest BCUT2D eigenvalue weighted by Crippen LogP contribution is -1.87. The number of ketones is 1. The fraction of sp³-hybridized carbons (Fsp3) is 0.875. The van der Waals surface area contributed by atoms with Crippen LogP contribution in [0.2, 0.25) is 0 Å². The maximum absolute atomic E-state index is 10.3. The van der Waals surface area contributed by atoms with Gasteiger partial charge in [-0.15, -0.1) is 0 Å². The normalized spacial score (nSPS) is 8.00. The molecule has 0 bridgehead atoms. The van der Waals surface area contributed by atoms with E-state index in [-0.39, 0.29) is 0 Å². The van der Waals surface area contributed by atoms with Gasteiger partial charge < -0.3 is 10.5 Å². The van der Waals surface area contributed by atoms with E-state index in [4.69, 9.17) is 0 Å². The van der Waals surface area contributed by atoms with Crippen molar-refractivity contribution in [2.45, 2.75) is 39.5 Å². The van der Waals surface area contributed by atoms with E-state index in [0.717, 1.165) is 12.8 Å². The monoisotopic (exact) mass is 145 g/mol. The summed E-state index contributed by atoms with van der Waals surface area (Å²) >= 11 is 0. The molecule has 0 fully saturated rings. The molecule has 0 amide bonds. The molecule has 0 atom stereocenters. The molecule has 2 N–H and O–H groups in total. The SMILES string of the molecule is CCCCCC(C)=O.CN. The van der Waals surface area contributed by atoms with Gasteiger partial charge in [0.15, 0.2) is 0 Å². The maximum atomic E-state index is 10.3. The van der Waals surface area contributed by atoms with Crippen LogP contribution in [0.25, 0.3) is 0 Å². The zero-order chi connectivity index (χ0) is 8.41. The Bertz CT molecular complexity index is 71.7. The minimum Gasteiger partial charge on any atom is -0.333 e. The van der Waals surface area contributed by atoms with Gasteiger partial charge in [-0.25, -0.2) is 0 Å². The number of carbonyl (C=O) groups is 1. The zero-order valence-corrected chi connectivity index (χ0v) is 7.31. The van der Waals surface area contributed by atoms with Crippen molar-refractivity contribution in [2.75, 3.05) is 7.05 Å². The van der Waals surface area contributed by atoms with Crippen molar-refractivity contribution in [1.82, 2.24) is 0 Å². The third-order valence-electron chi connectivity index (χ3n) is 1.13. The molecular weight excluding hydrogens is 126 g/mol. The van der Waals surface area contributed by atoms with Gasteiger partial charge in [-0.05, 0) is 20.4 Å². The summed E-state index contributed by atoms with van der Waals surface area (Å²) in [4.78, 5) is 10.3. The van der Waals surface area contributed by atoms with E-state index in [0.29, 0.717) is 5.78 Å². The van der Waals surface area contributed by atoms with Gasteiger partial charge >= 0.3 is 0 Å². The molecule has 0 saturated heterocycles. The van der Waals surface area contributed by atoms with E-state index >= 15 is 0 Å². The Hall–Kier alpha value is -0.370. The first kappa shape index (κ1) is 12.3. The fourth-order valence-electron chi connectivity index (χ4n) is 0.624. The molecule has 10 heavy (non-hydrogen) atoms. The van der Waals surface area contributed by atoms with Gasteiger partial charge in [0.2, 0.25) is 0 Å². The molecule has 0 aromatic rings.